The van der Waals surface area contributed by atoms with E-state index in [0.717, 1.165) is 16.9 Å². The van der Waals surface area contributed by atoms with Crippen molar-refractivity contribution in [1.82, 2.24) is 4.98 Å². The molecule has 0 aliphatic heterocycles. The van der Waals surface area contributed by atoms with Gasteiger partial charge in [-0.1, -0.05) is 54.1 Å². The number of ether oxygens (including phenoxy) is 1. The Morgan fingerprint density at radius 1 is 0.905 bits per heavy atom. The Kier molecular flexibility index (Phi) is 3.89. The zero-order valence-corrected chi connectivity index (χ0v) is 12.3. The molecule has 104 valence electrons. The Hall–Kier alpha value is -2.32. The van der Waals surface area contributed by atoms with Gasteiger partial charge in [-0.3, -0.25) is 0 Å². The number of nitrogens with zero attached hydrogens (tertiary/aromatic N) is 1. The van der Waals surface area contributed by atoms with Crippen LogP contribution in [-0.4, -0.2) is 4.98 Å². The summed E-state index contributed by atoms with van der Waals surface area (Å²) in [6, 6.07) is 20.0. The maximum absolute atomic E-state index is 5.84. The van der Waals surface area contributed by atoms with E-state index < -0.39 is 0 Å². The van der Waals surface area contributed by atoms with Gasteiger partial charge in [0.15, 0.2) is 0 Å². The van der Waals surface area contributed by atoms with Gasteiger partial charge in [0.1, 0.15) is 16.7 Å². The second kappa shape index (κ2) is 5.98. The van der Waals surface area contributed by atoms with E-state index in [4.69, 9.17) is 16.3 Å². The van der Waals surface area contributed by atoms with Crippen LogP contribution in [0.2, 0.25) is 5.15 Å². The number of hydrogen-bond donors (Lipinski definition) is 0. The lowest BCUT2D eigenvalue weighted by Crippen LogP contribution is -1.89. The molecule has 0 saturated carbocycles. The molecule has 0 unspecified atom stereocenters. The average molecular weight is 296 g/mol. The smallest absolute Gasteiger partial charge is 0.148 e. The van der Waals surface area contributed by atoms with Gasteiger partial charge in [0, 0.05) is 0 Å². The SMILES string of the molecule is Cc1cc(Cl)ncc1Oc1ccc(-c2ccccc2)cc1. The highest BCUT2D eigenvalue weighted by molar-refractivity contribution is 6.29. The summed E-state index contributed by atoms with van der Waals surface area (Å²) in [6.45, 7) is 1.95. The van der Waals surface area contributed by atoms with Crippen molar-refractivity contribution in [2.45, 2.75) is 6.92 Å². The first-order valence-corrected chi connectivity index (χ1v) is 7.06. The van der Waals surface area contributed by atoms with Gasteiger partial charge in [0.05, 0.1) is 6.20 Å². The van der Waals surface area contributed by atoms with Crippen LogP contribution < -0.4 is 4.74 Å². The highest BCUT2D eigenvalue weighted by atomic mass is 35.5. The molecule has 3 heteroatoms. The van der Waals surface area contributed by atoms with E-state index in [9.17, 15) is 0 Å². The lowest BCUT2D eigenvalue weighted by molar-refractivity contribution is 0.476. The van der Waals surface area contributed by atoms with Crippen molar-refractivity contribution in [1.29, 1.82) is 0 Å². The highest BCUT2D eigenvalue weighted by Gasteiger charge is 2.04. The molecule has 1 heterocycles. The van der Waals surface area contributed by atoms with Gasteiger partial charge in [0.2, 0.25) is 0 Å². The van der Waals surface area contributed by atoms with Crippen molar-refractivity contribution in [3.05, 3.63) is 77.6 Å². The van der Waals surface area contributed by atoms with Gasteiger partial charge in [-0.05, 0) is 41.8 Å². The first-order valence-electron chi connectivity index (χ1n) is 6.68. The molecule has 0 amide bonds. The molecule has 2 aromatic carbocycles. The van der Waals surface area contributed by atoms with E-state index in [1.165, 1.54) is 5.56 Å². The van der Waals surface area contributed by atoms with Gasteiger partial charge in [-0.25, -0.2) is 4.98 Å². The van der Waals surface area contributed by atoms with Crippen LogP contribution in [0.25, 0.3) is 11.1 Å². The molecule has 0 aliphatic carbocycles. The summed E-state index contributed by atoms with van der Waals surface area (Å²) in [5, 5.41) is 0.472. The van der Waals surface area contributed by atoms with Crippen molar-refractivity contribution in [2.75, 3.05) is 0 Å². The van der Waals surface area contributed by atoms with Crippen molar-refractivity contribution >= 4 is 11.6 Å². The van der Waals surface area contributed by atoms with Crippen molar-refractivity contribution < 1.29 is 4.74 Å². The molecule has 3 aromatic rings. The molecule has 2 nitrogen and oxygen atoms in total. The summed E-state index contributed by atoms with van der Waals surface area (Å²) in [5.41, 5.74) is 3.31. The Labute approximate surface area is 129 Å². The summed E-state index contributed by atoms with van der Waals surface area (Å²) >= 11 is 5.84. The van der Waals surface area contributed by atoms with Crippen molar-refractivity contribution in [3.8, 4) is 22.6 Å². The van der Waals surface area contributed by atoms with Crippen LogP contribution in [0.4, 0.5) is 0 Å². The van der Waals surface area contributed by atoms with E-state index in [1.807, 2.05) is 49.4 Å². The molecule has 0 atom stereocenters. The zero-order chi connectivity index (χ0) is 14.7. The summed E-state index contributed by atoms with van der Waals surface area (Å²) in [5.74, 6) is 1.49. The number of halogens is 1. The molecule has 0 N–H and O–H groups in total. The van der Waals surface area contributed by atoms with Crippen LogP contribution in [0.15, 0.2) is 66.9 Å². The van der Waals surface area contributed by atoms with Gasteiger partial charge >= 0.3 is 0 Å². The lowest BCUT2D eigenvalue weighted by Gasteiger charge is -2.09. The molecule has 0 radical (unpaired) electrons. The summed E-state index contributed by atoms with van der Waals surface area (Å²) < 4.78 is 5.83. The van der Waals surface area contributed by atoms with Gasteiger partial charge in [-0.2, -0.15) is 0 Å². The van der Waals surface area contributed by atoms with Crippen LogP contribution >= 0.6 is 11.6 Å². The van der Waals surface area contributed by atoms with Crippen LogP contribution in [-0.2, 0) is 0 Å². The van der Waals surface area contributed by atoms with Crippen LogP contribution in [0.5, 0.6) is 11.5 Å². The molecule has 1 aromatic heterocycles. The van der Waals surface area contributed by atoms with E-state index in [2.05, 4.69) is 17.1 Å². The predicted molar refractivity (Wildman–Crippen MR) is 85.9 cm³/mol. The van der Waals surface area contributed by atoms with Crippen LogP contribution in [0.1, 0.15) is 5.56 Å². The van der Waals surface area contributed by atoms with Gasteiger partial charge in [0.25, 0.3) is 0 Å². The minimum absolute atomic E-state index is 0.472. The number of benzene rings is 2. The number of aryl methyl sites for hydroxylation is 1. The second-order valence-corrected chi connectivity index (χ2v) is 5.15. The average Bonchev–Trinajstić information content (AvgIpc) is 2.52. The van der Waals surface area contributed by atoms with Crippen LogP contribution in [0.3, 0.4) is 0 Å². The minimum Gasteiger partial charge on any atom is -0.455 e. The second-order valence-electron chi connectivity index (χ2n) is 4.76. The summed E-state index contributed by atoms with van der Waals surface area (Å²) in [7, 11) is 0. The summed E-state index contributed by atoms with van der Waals surface area (Å²) in [4.78, 5) is 4.04. The molecule has 0 fully saturated rings. The first-order chi connectivity index (χ1) is 10.2. The lowest BCUT2D eigenvalue weighted by atomic mass is 10.1. The van der Waals surface area contributed by atoms with Crippen molar-refractivity contribution in [2.24, 2.45) is 0 Å². The Bertz CT molecular complexity index is 739. The number of pyridine rings is 1. The third-order valence-corrected chi connectivity index (χ3v) is 3.43. The Balaban J connectivity index is 1.81. The van der Waals surface area contributed by atoms with Gasteiger partial charge in [-0.15, -0.1) is 0 Å². The van der Waals surface area contributed by atoms with Crippen LogP contribution in [0, 0.1) is 6.92 Å². The monoisotopic (exact) mass is 295 g/mol. The Morgan fingerprint density at radius 2 is 1.57 bits per heavy atom. The van der Waals surface area contributed by atoms with E-state index in [0.29, 0.717) is 10.9 Å². The van der Waals surface area contributed by atoms with E-state index >= 15 is 0 Å². The molecule has 0 spiro atoms. The highest BCUT2D eigenvalue weighted by Crippen LogP contribution is 2.28. The van der Waals surface area contributed by atoms with Gasteiger partial charge < -0.3 is 4.74 Å². The number of rotatable bonds is 3. The third-order valence-electron chi connectivity index (χ3n) is 3.22. The molecule has 0 aliphatic rings. The fourth-order valence-corrected chi connectivity index (χ4v) is 2.30. The number of hydrogen-bond acceptors (Lipinski definition) is 2. The molecular formula is C18H14ClNO. The topological polar surface area (TPSA) is 22.1 Å². The molecule has 21 heavy (non-hydrogen) atoms. The standard InChI is InChI=1S/C18H14ClNO/c1-13-11-18(19)20-12-17(13)21-16-9-7-15(8-10-16)14-5-3-2-4-6-14/h2-12H,1H3. The maximum atomic E-state index is 5.84. The zero-order valence-electron chi connectivity index (χ0n) is 11.6. The number of aromatic nitrogens is 1. The maximum Gasteiger partial charge on any atom is 0.148 e. The van der Waals surface area contributed by atoms with E-state index in [1.54, 1.807) is 12.3 Å². The molecule has 0 bridgehead atoms. The third kappa shape index (κ3) is 3.23. The van der Waals surface area contributed by atoms with E-state index in [-0.39, 0.29) is 0 Å². The first kappa shape index (κ1) is 13.7. The minimum atomic E-state index is 0.472. The van der Waals surface area contributed by atoms with Crippen molar-refractivity contribution in [3.63, 3.8) is 0 Å². The predicted octanol–water partition coefficient (Wildman–Crippen LogP) is 5.50. The fraction of sp³-hybridized carbons (Fsp3) is 0.0556. The fourth-order valence-electron chi connectivity index (χ4n) is 2.09. The summed E-state index contributed by atoms with van der Waals surface area (Å²) in [6.07, 6.45) is 1.64. The quantitative estimate of drug-likeness (QED) is 0.595. The Morgan fingerprint density at radius 3 is 2.24 bits per heavy atom. The molecule has 3 rings (SSSR count). The molecule has 0 saturated heterocycles. The normalized spacial score (nSPS) is 10.4. The largest absolute Gasteiger partial charge is 0.455 e. The molecular weight excluding hydrogens is 282 g/mol.